The molecule has 21 heavy (non-hydrogen) atoms. The Balaban J connectivity index is 1.70. The van der Waals surface area contributed by atoms with E-state index in [0.717, 1.165) is 18.6 Å². The van der Waals surface area contributed by atoms with Gasteiger partial charge in [-0.25, -0.2) is 4.98 Å². The molecule has 110 valence electrons. The van der Waals surface area contributed by atoms with E-state index in [-0.39, 0.29) is 5.91 Å². The van der Waals surface area contributed by atoms with Gasteiger partial charge in [-0.1, -0.05) is 18.2 Å². The molecule has 2 heterocycles. The van der Waals surface area contributed by atoms with Gasteiger partial charge < -0.3 is 14.5 Å². The van der Waals surface area contributed by atoms with Crippen LogP contribution < -0.4 is 5.32 Å². The number of nitrogens with zero attached hydrogens (tertiary/aromatic N) is 1. The van der Waals surface area contributed by atoms with Crippen LogP contribution in [0.4, 0.5) is 0 Å². The molecular formula is C16H18N2O3. The molecule has 1 atom stereocenters. The van der Waals surface area contributed by atoms with Crippen LogP contribution in [0.2, 0.25) is 0 Å². The molecule has 1 aromatic heterocycles. The van der Waals surface area contributed by atoms with Crippen LogP contribution in [-0.4, -0.2) is 30.6 Å². The number of benzene rings is 1. The van der Waals surface area contributed by atoms with Crippen molar-refractivity contribution in [1.29, 1.82) is 0 Å². The van der Waals surface area contributed by atoms with Crippen molar-refractivity contribution in [1.82, 2.24) is 10.3 Å². The molecule has 2 aromatic rings. The SMILES string of the molecule is Cc1oc(-c2ccccc2)nc1C(=O)NC[C@@H]1CCOC1. The third-order valence-electron chi connectivity index (χ3n) is 3.61. The van der Waals surface area contributed by atoms with Crippen LogP contribution >= 0.6 is 0 Å². The Bertz CT molecular complexity index is 616. The zero-order chi connectivity index (χ0) is 14.7. The average molecular weight is 286 g/mol. The summed E-state index contributed by atoms with van der Waals surface area (Å²) in [6, 6.07) is 9.56. The topological polar surface area (TPSA) is 64.4 Å². The molecule has 1 aromatic carbocycles. The van der Waals surface area contributed by atoms with E-state index in [4.69, 9.17) is 9.15 Å². The van der Waals surface area contributed by atoms with Crippen molar-refractivity contribution in [3.05, 3.63) is 41.8 Å². The molecule has 0 saturated carbocycles. The number of oxazole rings is 1. The molecule has 1 fully saturated rings. The lowest BCUT2D eigenvalue weighted by molar-refractivity contribution is 0.0939. The predicted molar refractivity (Wildman–Crippen MR) is 77.9 cm³/mol. The number of hydrogen-bond acceptors (Lipinski definition) is 4. The molecule has 0 unspecified atom stereocenters. The first-order chi connectivity index (χ1) is 10.2. The first-order valence-electron chi connectivity index (χ1n) is 7.13. The second kappa shape index (κ2) is 6.10. The van der Waals surface area contributed by atoms with Crippen molar-refractivity contribution >= 4 is 5.91 Å². The van der Waals surface area contributed by atoms with Gasteiger partial charge in [-0.2, -0.15) is 0 Å². The fourth-order valence-corrected chi connectivity index (χ4v) is 2.38. The summed E-state index contributed by atoms with van der Waals surface area (Å²) in [5.74, 6) is 1.22. The maximum atomic E-state index is 12.2. The number of aryl methyl sites for hydroxylation is 1. The van der Waals surface area contributed by atoms with Crippen molar-refractivity contribution in [3.63, 3.8) is 0 Å². The number of nitrogens with one attached hydrogen (secondary N) is 1. The zero-order valence-electron chi connectivity index (χ0n) is 12.0. The summed E-state index contributed by atoms with van der Waals surface area (Å²) in [6.45, 7) is 3.87. The van der Waals surface area contributed by atoms with Crippen molar-refractivity contribution in [3.8, 4) is 11.5 Å². The van der Waals surface area contributed by atoms with Gasteiger partial charge in [0.15, 0.2) is 5.69 Å². The van der Waals surface area contributed by atoms with E-state index in [0.29, 0.717) is 36.4 Å². The fourth-order valence-electron chi connectivity index (χ4n) is 2.38. The summed E-state index contributed by atoms with van der Waals surface area (Å²) in [7, 11) is 0. The number of carbonyl (C=O) groups is 1. The highest BCUT2D eigenvalue weighted by Crippen LogP contribution is 2.21. The first-order valence-corrected chi connectivity index (χ1v) is 7.13. The molecular weight excluding hydrogens is 268 g/mol. The van der Waals surface area contributed by atoms with E-state index < -0.39 is 0 Å². The number of aromatic nitrogens is 1. The van der Waals surface area contributed by atoms with Gasteiger partial charge in [-0.3, -0.25) is 4.79 Å². The van der Waals surface area contributed by atoms with Crippen molar-refractivity contribution in [2.75, 3.05) is 19.8 Å². The summed E-state index contributed by atoms with van der Waals surface area (Å²) in [6.07, 6.45) is 0.993. The molecule has 1 aliphatic rings. The molecule has 0 bridgehead atoms. The quantitative estimate of drug-likeness (QED) is 0.937. The van der Waals surface area contributed by atoms with Gasteiger partial charge in [0.05, 0.1) is 6.61 Å². The van der Waals surface area contributed by atoms with Gasteiger partial charge >= 0.3 is 0 Å². The summed E-state index contributed by atoms with van der Waals surface area (Å²) < 4.78 is 10.9. The number of ether oxygens (including phenoxy) is 1. The van der Waals surface area contributed by atoms with E-state index in [9.17, 15) is 4.79 Å². The smallest absolute Gasteiger partial charge is 0.273 e. The van der Waals surface area contributed by atoms with Crippen LogP contribution in [0.15, 0.2) is 34.7 Å². The highest BCUT2D eigenvalue weighted by Gasteiger charge is 2.20. The molecule has 0 spiro atoms. The van der Waals surface area contributed by atoms with Crippen LogP contribution in [0.5, 0.6) is 0 Å². The normalized spacial score (nSPS) is 17.9. The van der Waals surface area contributed by atoms with Gasteiger partial charge in [-0.15, -0.1) is 0 Å². The van der Waals surface area contributed by atoms with E-state index in [1.807, 2.05) is 30.3 Å². The number of carbonyl (C=O) groups excluding carboxylic acids is 1. The van der Waals surface area contributed by atoms with Crippen molar-refractivity contribution < 1.29 is 13.9 Å². The lowest BCUT2D eigenvalue weighted by atomic mass is 10.1. The molecule has 0 radical (unpaired) electrons. The Labute approximate surface area is 123 Å². The van der Waals surface area contributed by atoms with Crippen LogP contribution in [0.1, 0.15) is 22.7 Å². The molecule has 1 amide bonds. The summed E-state index contributed by atoms with van der Waals surface area (Å²) >= 11 is 0. The number of rotatable bonds is 4. The van der Waals surface area contributed by atoms with Gasteiger partial charge in [0.25, 0.3) is 5.91 Å². The minimum Gasteiger partial charge on any atom is -0.441 e. The van der Waals surface area contributed by atoms with Crippen LogP contribution in [0, 0.1) is 12.8 Å². The van der Waals surface area contributed by atoms with Crippen molar-refractivity contribution in [2.24, 2.45) is 5.92 Å². The molecule has 3 rings (SSSR count). The summed E-state index contributed by atoms with van der Waals surface area (Å²) in [5, 5.41) is 2.91. The largest absolute Gasteiger partial charge is 0.441 e. The maximum Gasteiger partial charge on any atom is 0.273 e. The third kappa shape index (κ3) is 3.13. The molecule has 1 saturated heterocycles. The Hall–Kier alpha value is -2.14. The third-order valence-corrected chi connectivity index (χ3v) is 3.61. The van der Waals surface area contributed by atoms with Gasteiger partial charge in [0, 0.05) is 24.6 Å². The minimum atomic E-state index is -0.190. The average Bonchev–Trinajstić information content (AvgIpc) is 3.15. The fraction of sp³-hybridized carbons (Fsp3) is 0.375. The number of hydrogen-bond donors (Lipinski definition) is 1. The summed E-state index contributed by atoms with van der Waals surface area (Å²) in [4.78, 5) is 16.5. The second-order valence-electron chi connectivity index (χ2n) is 5.23. The lowest BCUT2D eigenvalue weighted by Gasteiger charge is -2.07. The second-order valence-corrected chi connectivity index (χ2v) is 5.23. The molecule has 1 N–H and O–H groups in total. The highest BCUT2D eigenvalue weighted by atomic mass is 16.5. The molecule has 5 heteroatoms. The van der Waals surface area contributed by atoms with Gasteiger partial charge in [0.1, 0.15) is 5.76 Å². The van der Waals surface area contributed by atoms with E-state index in [2.05, 4.69) is 10.3 Å². The highest BCUT2D eigenvalue weighted by molar-refractivity contribution is 5.93. The lowest BCUT2D eigenvalue weighted by Crippen LogP contribution is -2.30. The zero-order valence-corrected chi connectivity index (χ0v) is 12.0. The monoisotopic (exact) mass is 286 g/mol. The van der Waals surface area contributed by atoms with Gasteiger partial charge in [-0.05, 0) is 25.5 Å². The Morgan fingerprint density at radius 3 is 2.90 bits per heavy atom. The summed E-state index contributed by atoms with van der Waals surface area (Å²) in [5.41, 5.74) is 1.22. The minimum absolute atomic E-state index is 0.190. The molecule has 5 nitrogen and oxygen atoms in total. The van der Waals surface area contributed by atoms with Crippen LogP contribution in [0.25, 0.3) is 11.5 Å². The van der Waals surface area contributed by atoms with Gasteiger partial charge in [0.2, 0.25) is 5.89 Å². The first kappa shape index (κ1) is 13.8. The Morgan fingerprint density at radius 1 is 1.38 bits per heavy atom. The molecule has 1 aliphatic heterocycles. The van der Waals surface area contributed by atoms with Crippen LogP contribution in [-0.2, 0) is 4.74 Å². The predicted octanol–water partition coefficient (Wildman–Crippen LogP) is 2.42. The van der Waals surface area contributed by atoms with Crippen molar-refractivity contribution in [2.45, 2.75) is 13.3 Å². The van der Waals surface area contributed by atoms with E-state index in [1.54, 1.807) is 6.92 Å². The Morgan fingerprint density at radius 2 is 2.19 bits per heavy atom. The number of amides is 1. The molecule has 0 aliphatic carbocycles. The van der Waals surface area contributed by atoms with E-state index >= 15 is 0 Å². The maximum absolute atomic E-state index is 12.2. The van der Waals surface area contributed by atoms with E-state index in [1.165, 1.54) is 0 Å². The van der Waals surface area contributed by atoms with Crippen LogP contribution in [0.3, 0.4) is 0 Å². The standard InChI is InChI=1S/C16H18N2O3/c1-11-14(15(19)17-9-12-7-8-20-10-12)18-16(21-11)13-5-3-2-4-6-13/h2-6,12H,7-10H2,1H3,(H,17,19)/t12-/m0/s1. The Kier molecular flexibility index (Phi) is 4.01.